The molecular weight excluding hydrogens is 294 g/mol. The van der Waals surface area contributed by atoms with Crippen molar-refractivity contribution in [1.82, 2.24) is 0 Å². The van der Waals surface area contributed by atoms with Crippen molar-refractivity contribution in [2.45, 2.75) is 18.0 Å². The summed E-state index contributed by atoms with van der Waals surface area (Å²) in [5.74, 6) is 0.0414. The zero-order chi connectivity index (χ0) is 16.1. The molecule has 0 radical (unpaired) electrons. The van der Waals surface area contributed by atoms with E-state index in [9.17, 15) is 5.11 Å². The van der Waals surface area contributed by atoms with Gasteiger partial charge >= 0.3 is 0 Å². The van der Waals surface area contributed by atoms with Crippen LogP contribution in [0.3, 0.4) is 0 Å². The van der Waals surface area contributed by atoms with Gasteiger partial charge in [0.25, 0.3) is 0 Å². The first kappa shape index (κ1) is 13.8. The first-order chi connectivity index (χ1) is 11.9. The lowest BCUT2D eigenvalue weighted by Gasteiger charge is -2.39. The van der Waals surface area contributed by atoms with Crippen LogP contribution in [0.25, 0.3) is 0 Å². The van der Waals surface area contributed by atoms with E-state index in [0.29, 0.717) is 0 Å². The Hall–Kier alpha value is -2.58. The summed E-state index contributed by atoms with van der Waals surface area (Å²) in [5, 5.41) is 10.4. The summed E-state index contributed by atoms with van der Waals surface area (Å²) >= 11 is 0. The number of rotatable bonds is 2. The fourth-order valence-electron chi connectivity index (χ4n) is 4.81. The predicted molar refractivity (Wildman–Crippen MR) is 96.1 cm³/mol. The molecule has 3 aromatic carbocycles. The van der Waals surface area contributed by atoms with Gasteiger partial charge in [-0.2, -0.15) is 0 Å². The summed E-state index contributed by atoms with van der Waals surface area (Å²) in [5.41, 5.74) is 6.12. The topological polar surface area (TPSA) is 23.5 Å². The van der Waals surface area contributed by atoms with Gasteiger partial charge in [-0.25, -0.2) is 0 Å². The number of anilines is 1. The van der Waals surface area contributed by atoms with Crippen LogP contribution in [0.2, 0.25) is 0 Å². The number of para-hydroxylation sites is 1. The number of hydrogen-bond acceptors (Lipinski definition) is 2. The number of nitrogens with zero attached hydrogens (tertiary/aromatic N) is 1. The van der Waals surface area contributed by atoms with Gasteiger partial charge in [0.1, 0.15) is 5.54 Å². The minimum atomic E-state index is -0.309. The highest BCUT2D eigenvalue weighted by Crippen LogP contribution is 2.60. The van der Waals surface area contributed by atoms with E-state index in [2.05, 4.69) is 83.8 Å². The highest BCUT2D eigenvalue weighted by molar-refractivity contribution is 5.73. The molecule has 24 heavy (non-hydrogen) atoms. The SMILES string of the molecule is OC[C@@H]1c2ccccc2N2Cc3ccccc3[C@]12c1ccccc1. The number of hydrogen-bond donors (Lipinski definition) is 1. The fraction of sp³-hybridized carbons (Fsp3) is 0.182. The van der Waals surface area contributed by atoms with Gasteiger partial charge in [0.05, 0.1) is 6.61 Å². The number of aliphatic hydroxyl groups excluding tert-OH is 1. The second-order valence-corrected chi connectivity index (χ2v) is 6.67. The third-order valence-electron chi connectivity index (χ3n) is 5.69. The van der Waals surface area contributed by atoms with Crippen LogP contribution in [-0.4, -0.2) is 11.7 Å². The molecule has 2 aliphatic rings. The molecule has 2 aliphatic heterocycles. The minimum absolute atomic E-state index is 0.0414. The van der Waals surface area contributed by atoms with Crippen molar-refractivity contribution in [2.75, 3.05) is 11.5 Å². The molecule has 0 spiro atoms. The van der Waals surface area contributed by atoms with Crippen molar-refractivity contribution in [2.24, 2.45) is 0 Å². The highest BCUT2D eigenvalue weighted by atomic mass is 16.3. The lowest BCUT2D eigenvalue weighted by Crippen LogP contribution is -2.43. The molecule has 0 amide bonds. The van der Waals surface area contributed by atoms with Gasteiger partial charge < -0.3 is 10.0 Å². The Balaban J connectivity index is 1.87. The van der Waals surface area contributed by atoms with Gasteiger partial charge in [-0.1, -0.05) is 72.8 Å². The van der Waals surface area contributed by atoms with Crippen molar-refractivity contribution in [3.05, 3.63) is 101 Å². The fourth-order valence-corrected chi connectivity index (χ4v) is 4.81. The van der Waals surface area contributed by atoms with Crippen LogP contribution in [-0.2, 0) is 12.1 Å². The predicted octanol–water partition coefficient (Wildman–Crippen LogP) is 4.04. The minimum Gasteiger partial charge on any atom is -0.396 e. The molecule has 0 saturated carbocycles. The van der Waals surface area contributed by atoms with E-state index in [1.54, 1.807) is 0 Å². The Bertz CT molecular complexity index is 901. The molecule has 0 aliphatic carbocycles. The summed E-state index contributed by atoms with van der Waals surface area (Å²) in [7, 11) is 0. The van der Waals surface area contributed by atoms with E-state index in [1.165, 1.54) is 27.9 Å². The normalized spacial score (nSPS) is 23.7. The van der Waals surface area contributed by atoms with Gasteiger partial charge in [-0.3, -0.25) is 0 Å². The molecule has 0 fully saturated rings. The van der Waals surface area contributed by atoms with Crippen LogP contribution in [0.1, 0.15) is 28.2 Å². The maximum absolute atomic E-state index is 10.4. The molecule has 118 valence electrons. The van der Waals surface area contributed by atoms with Crippen molar-refractivity contribution in [3.8, 4) is 0 Å². The zero-order valence-electron chi connectivity index (χ0n) is 13.4. The van der Waals surface area contributed by atoms with Crippen LogP contribution in [0.4, 0.5) is 5.69 Å². The average molecular weight is 313 g/mol. The van der Waals surface area contributed by atoms with Crippen LogP contribution >= 0.6 is 0 Å². The lowest BCUT2D eigenvalue weighted by molar-refractivity contribution is 0.229. The summed E-state index contributed by atoms with van der Waals surface area (Å²) in [4.78, 5) is 2.49. The molecule has 2 heteroatoms. The van der Waals surface area contributed by atoms with Gasteiger partial charge in [0.2, 0.25) is 0 Å². The Morgan fingerprint density at radius 2 is 1.58 bits per heavy atom. The maximum Gasteiger partial charge on any atom is 0.100 e. The third-order valence-corrected chi connectivity index (χ3v) is 5.69. The molecule has 0 bridgehead atoms. The number of aliphatic hydroxyl groups is 1. The first-order valence-electron chi connectivity index (χ1n) is 8.48. The van der Waals surface area contributed by atoms with E-state index in [-0.39, 0.29) is 18.1 Å². The lowest BCUT2D eigenvalue weighted by atomic mass is 9.73. The largest absolute Gasteiger partial charge is 0.396 e. The molecule has 5 rings (SSSR count). The van der Waals surface area contributed by atoms with Crippen molar-refractivity contribution in [1.29, 1.82) is 0 Å². The van der Waals surface area contributed by atoms with Crippen LogP contribution < -0.4 is 4.90 Å². The quantitative estimate of drug-likeness (QED) is 0.772. The summed E-state index contributed by atoms with van der Waals surface area (Å²) in [6.45, 7) is 1.02. The zero-order valence-corrected chi connectivity index (χ0v) is 13.4. The van der Waals surface area contributed by atoms with Crippen LogP contribution in [0, 0.1) is 0 Å². The molecule has 1 N–H and O–H groups in total. The van der Waals surface area contributed by atoms with Crippen LogP contribution in [0.15, 0.2) is 78.9 Å². The summed E-state index contributed by atoms with van der Waals surface area (Å²) < 4.78 is 0. The molecular formula is C22H19NO. The third kappa shape index (κ3) is 1.54. The van der Waals surface area contributed by atoms with Crippen molar-refractivity contribution >= 4 is 5.69 Å². The molecule has 2 atom stereocenters. The van der Waals surface area contributed by atoms with E-state index >= 15 is 0 Å². The van der Waals surface area contributed by atoms with Gasteiger partial charge in [0.15, 0.2) is 0 Å². The van der Waals surface area contributed by atoms with Gasteiger partial charge in [0, 0.05) is 18.2 Å². The Morgan fingerprint density at radius 1 is 0.875 bits per heavy atom. The molecule has 0 aromatic heterocycles. The number of benzene rings is 3. The van der Waals surface area contributed by atoms with E-state index in [0.717, 1.165) is 6.54 Å². The Labute approximate surface area is 142 Å². The van der Waals surface area contributed by atoms with E-state index in [4.69, 9.17) is 0 Å². The standard InChI is InChI=1S/C22H19NO/c24-15-20-18-11-5-7-13-21(18)23-14-16-8-4-6-12-19(16)22(20,23)17-9-2-1-3-10-17/h1-13,20,24H,14-15H2/t20-,22-/m1/s1. The highest BCUT2D eigenvalue weighted by Gasteiger charge is 2.57. The molecule has 2 heterocycles. The Morgan fingerprint density at radius 3 is 2.42 bits per heavy atom. The summed E-state index contributed by atoms with van der Waals surface area (Å²) in [6, 6.07) is 27.9. The first-order valence-corrected chi connectivity index (χ1v) is 8.48. The molecule has 0 saturated heterocycles. The monoisotopic (exact) mass is 313 g/mol. The Kier molecular flexibility index (Phi) is 2.85. The van der Waals surface area contributed by atoms with Gasteiger partial charge in [-0.05, 0) is 28.3 Å². The molecule has 0 unspecified atom stereocenters. The molecule has 3 aromatic rings. The molecule has 2 nitrogen and oxygen atoms in total. The van der Waals surface area contributed by atoms with E-state index in [1.807, 2.05) is 0 Å². The average Bonchev–Trinajstić information content (AvgIpc) is 3.13. The number of fused-ring (bicyclic) bond motifs is 5. The van der Waals surface area contributed by atoms with Crippen LogP contribution in [0.5, 0.6) is 0 Å². The van der Waals surface area contributed by atoms with Crippen molar-refractivity contribution in [3.63, 3.8) is 0 Å². The smallest absolute Gasteiger partial charge is 0.100 e. The van der Waals surface area contributed by atoms with Gasteiger partial charge in [-0.15, -0.1) is 0 Å². The van der Waals surface area contributed by atoms with Crippen molar-refractivity contribution < 1.29 is 5.11 Å². The second-order valence-electron chi connectivity index (χ2n) is 6.67. The van der Waals surface area contributed by atoms with E-state index < -0.39 is 0 Å². The second kappa shape index (κ2) is 4.96. The maximum atomic E-state index is 10.4. The summed E-state index contributed by atoms with van der Waals surface area (Å²) in [6.07, 6.45) is 0.